The molecule has 0 radical (unpaired) electrons. The molecule has 5 aliphatic rings. The maximum absolute atomic E-state index is 7.01. The maximum atomic E-state index is 7.01. The van der Waals surface area contributed by atoms with Gasteiger partial charge in [0.2, 0.25) is 0 Å². The van der Waals surface area contributed by atoms with Crippen molar-refractivity contribution < 1.29 is 0 Å². The monoisotopic (exact) mass is 1310 g/mol. The van der Waals surface area contributed by atoms with Crippen LogP contribution in [0.5, 0.6) is 0 Å². The van der Waals surface area contributed by atoms with Gasteiger partial charge in [-0.15, -0.1) is 13.0 Å². The second kappa shape index (κ2) is 61.3. The third-order valence-corrected chi connectivity index (χ3v) is 17.8. The van der Waals surface area contributed by atoms with Crippen molar-refractivity contribution >= 4 is 22.7 Å². The number of hydrogen-bond acceptors (Lipinski definition) is 4. The van der Waals surface area contributed by atoms with Crippen LogP contribution in [0.1, 0.15) is 324 Å². The van der Waals surface area contributed by atoms with Crippen LogP contribution in [0, 0.1) is 48.3 Å². The number of allylic oxidation sites excluding steroid dienone is 15. The van der Waals surface area contributed by atoms with Gasteiger partial charge in [-0.2, -0.15) is 0 Å². The van der Waals surface area contributed by atoms with Crippen molar-refractivity contribution in [3.05, 3.63) is 198 Å². The summed E-state index contributed by atoms with van der Waals surface area (Å²) in [5, 5.41) is 17.5. The summed E-state index contributed by atoms with van der Waals surface area (Å²) in [4.78, 5) is 0. The highest BCUT2D eigenvalue weighted by molar-refractivity contribution is 5.83. The molecule has 3 saturated carbocycles. The van der Waals surface area contributed by atoms with Crippen molar-refractivity contribution in [2.24, 2.45) is 23.7 Å². The second-order valence-corrected chi connectivity index (χ2v) is 27.3. The van der Waals surface area contributed by atoms with Gasteiger partial charge in [0.15, 0.2) is 0 Å². The van der Waals surface area contributed by atoms with Crippen LogP contribution in [-0.4, -0.2) is 18.8 Å². The molecule has 0 aromatic heterocycles. The van der Waals surface area contributed by atoms with Gasteiger partial charge in [0.1, 0.15) is 0 Å². The molecule has 0 heterocycles. The standard InChI is InChI=1S/C33H47N.C20H26N2.C11H18.C9H16.C5H9N.2C4H10.C3H8.C3H6/c1-6-8-13-25(3)14-11-10-12-15-26(4)30-20-19-29(16-9-7-2)33(24-30)34-27(5)31-21-22-32(23-31)28-17-18-28;1-5-18-14-20(11-10-15(18)2)17(4)22-13-7-12-21-16(3)19-8-6-9-19;1-3-4-8-11-9-6-5-7-10(11)2;1-4-6-7-8-9(3)5-2;1-4(6)5-2-3-5;2*1-3-4-2;2*1-3-2/h19-22,24,28,34H,3-18,23H2,1-2H3;1,10-11,14,19,21-22H,3-4,6-9,12-13H2,2H3;6,9H,3-5,7-8H2,1-2H3;4,6-7,9H,1,5,8H2,2-3H3;5-6H,2-3H2,1H3;2*3-4H2,1-2H3;3H2,1-2H3;3H,1H2,2H3/b;;;7-6-;;;;;. The summed E-state index contributed by atoms with van der Waals surface area (Å²) >= 11 is 0. The van der Waals surface area contributed by atoms with Gasteiger partial charge in [0, 0.05) is 47.1 Å². The van der Waals surface area contributed by atoms with Gasteiger partial charge in [-0.25, -0.2) is 0 Å². The molecule has 96 heavy (non-hydrogen) atoms. The van der Waals surface area contributed by atoms with E-state index in [1.165, 1.54) is 219 Å². The van der Waals surface area contributed by atoms with Crippen LogP contribution >= 0.6 is 0 Å². The summed E-state index contributed by atoms with van der Waals surface area (Å²) in [7, 11) is 0. The molecule has 1 atom stereocenters. The Morgan fingerprint density at radius 1 is 0.677 bits per heavy atom. The first kappa shape index (κ1) is 92.0. The number of terminal acetylenes is 1. The molecule has 1 unspecified atom stereocenters. The topological polar surface area (TPSA) is 59.9 Å². The van der Waals surface area contributed by atoms with E-state index in [1.54, 1.807) is 22.8 Å². The summed E-state index contributed by atoms with van der Waals surface area (Å²) in [6.07, 6.45) is 62.5. The van der Waals surface area contributed by atoms with E-state index in [9.17, 15) is 0 Å². The average Bonchev–Trinajstić information content (AvgIpc) is 1.48. The lowest BCUT2D eigenvalue weighted by Gasteiger charge is -2.28. The van der Waals surface area contributed by atoms with Crippen LogP contribution in [0.4, 0.5) is 5.69 Å². The Kier molecular flexibility index (Phi) is 58.7. The normalized spacial score (nSPS) is 14.1. The summed E-state index contributed by atoms with van der Waals surface area (Å²) in [5.74, 6) is 5.76. The summed E-state index contributed by atoms with van der Waals surface area (Å²) < 4.78 is 0. The molecular formula is C92H150N4. The smallest absolute Gasteiger partial charge is 0.0422 e. The quantitative estimate of drug-likeness (QED) is 0.0183. The summed E-state index contributed by atoms with van der Waals surface area (Å²) in [6, 6.07) is 13.0. The largest absolute Gasteiger partial charge is 0.389 e. The minimum absolute atomic E-state index is 0.685. The fourth-order valence-electron chi connectivity index (χ4n) is 9.94. The van der Waals surface area contributed by atoms with E-state index in [1.807, 2.05) is 45.1 Å². The molecule has 4 nitrogen and oxygen atoms in total. The highest BCUT2D eigenvalue weighted by atomic mass is 14.9. The lowest BCUT2D eigenvalue weighted by atomic mass is 9.83. The zero-order valence-electron chi connectivity index (χ0n) is 65.5. The third-order valence-electron chi connectivity index (χ3n) is 17.8. The van der Waals surface area contributed by atoms with Crippen LogP contribution in [0.2, 0.25) is 0 Å². The number of hydrogen-bond donors (Lipinski definition) is 4. The Labute approximate surface area is 597 Å². The zero-order valence-corrected chi connectivity index (χ0v) is 65.5. The maximum Gasteiger partial charge on any atom is 0.0422 e. The van der Waals surface area contributed by atoms with Gasteiger partial charge >= 0.3 is 0 Å². The van der Waals surface area contributed by atoms with Crippen molar-refractivity contribution in [2.75, 3.05) is 18.4 Å². The predicted molar refractivity (Wildman–Crippen MR) is 440 cm³/mol. The van der Waals surface area contributed by atoms with Gasteiger partial charge in [-0.05, 0) is 237 Å². The number of nitrogens with one attached hydrogen (secondary N) is 4. The molecule has 0 aliphatic heterocycles. The molecule has 538 valence electrons. The van der Waals surface area contributed by atoms with E-state index >= 15 is 0 Å². The Hall–Kier alpha value is -6.05. The summed E-state index contributed by atoms with van der Waals surface area (Å²) in [6.45, 7) is 62.4. The van der Waals surface area contributed by atoms with Gasteiger partial charge < -0.3 is 21.4 Å². The van der Waals surface area contributed by atoms with E-state index < -0.39 is 0 Å². The third kappa shape index (κ3) is 47.0. The highest BCUT2D eigenvalue weighted by Gasteiger charge is 2.28. The van der Waals surface area contributed by atoms with Crippen molar-refractivity contribution in [1.29, 1.82) is 5.41 Å². The van der Waals surface area contributed by atoms with Crippen molar-refractivity contribution in [3.63, 3.8) is 0 Å². The molecule has 2 aromatic rings. The van der Waals surface area contributed by atoms with Crippen molar-refractivity contribution in [1.82, 2.24) is 10.6 Å². The van der Waals surface area contributed by atoms with E-state index in [0.29, 0.717) is 11.8 Å². The van der Waals surface area contributed by atoms with Gasteiger partial charge in [-0.1, -0.05) is 282 Å². The Morgan fingerprint density at radius 2 is 1.27 bits per heavy atom. The lowest BCUT2D eigenvalue weighted by molar-refractivity contribution is 0.350. The zero-order chi connectivity index (χ0) is 72.3. The molecule has 0 amide bonds. The lowest BCUT2D eigenvalue weighted by Crippen LogP contribution is -2.26. The SMILES string of the molecule is C#Cc1cc(C(=C)NCCCNC(=C)C2CCC2)ccc1C.C=C(CCCC)CCCCCC(=C)c1ccc(CCCC)c(NC(=C)C2=CC=C(C3CC3)C2)c1.C=C/C=C\CC(C)CC.C=CC.CC(=N)C1CC1.CCC.CCCC.CCCC.CCCCC1=C(C)CCC=C1. The van der Waals surface area contributed by atoms with Crippen LogP contribution in [0.3, 0.4) is 0 Å². The van der Waals surface area contributed by atoms with E-state index in [4.69, 9.17) is 11.8 Å². The molecule has 0 spiro atoms. The summed E-state index contributed by atoms with van der Waals surface area (Å²) in [5.41, 5.74) is 19.9. The molecule has 5 aliphatic carbocycles. The first-order valence-electron chi connectivity index (χ1n) is 38.8. The minimum Gasteiger partial charge on any atom is -0.389 e. The molecule has 4 N–H and O–H groups in total. The van der Waals surface area contributed by atoms with Crippen molar-refractivity contribution in [3.8, 4) is 12.3 Å². The number of anilines is 1. The van der Waals surface area contributed by atoms with E-state index in [-0.39, 0.29) is 0 Å². The van der Waals surface area contributed by atoms with Gasteiger partial charge in [0.05, 0.1) is 0 Å². The fourth-order valence-corrected chi connectivity index (χ4v) is 9.94. The molecular weight excluding hydrogens is 1160 g/mol. The predicted octanol–water partition coefficient (Wildman–Crippen LogP) is 28.8. The highest BCUT2D eigenvalue weighted by Crippen LogP contribution is 2.43. The Bertz CT molecular complexity index is 2660. The second-order valence-electron chi connectivity index (χ2n) is 27.3. The Balaban J connectivity index is 0. The molecule has 0 bridgehead atoms. The fraction of sp³-hybridized carbons (Fsp3) is 0.576. The number of rotatable bonds is 35. The molecule has 0 saturated heterocycles. The molecule has 7 rings (SSSR count). The van der Waals surface area contributed by atoms with E-state index in [0.717, 1.165) is 84.4 Å². The molecule has 4 heteroatoms. The van der Waals surface area contributed by atoms with Crippen LogP contribution in [-0.2, 0) is 6.42 Å². The number of benzene rings is 2. The van der Waals surface area contributed by atoms with Gasteiger partial charge in [0.25, 0.3) is 0 Å². The minimum atomic E-state index is 0.685. The first-order chi connectivity index (χ1) is 46.2. The first-order valence-corrected chi connectivity index (χ1v) is 38.8. The molecule has 3 fully saturated rings. The van der Waals surface area contributed by atoms with Crippen LogP contribution in [0.25, 0.3) is 11.3 Å². The average molecular weight is 1310 g/mol. The Morgan fingerprint density at radius 3 is 1.79 bits per heavy atom. The number of aryl methyl sites for hydroxylation is 2. The van der Waals surface area contributed by atoms with E-state index in [2.05, 4.69) is 206 Å². The van der Waals surface area contributed by atoms with Gasteiger partial charge in [-0.3, -0.25) is 0 Å². The van der Waals surface area contributed by atoms with Crippen molar-refractivity contribution in [2.45, 2.75) is 309 Å². The van der Waals surface area contributed by atoms with Crippen LogP contribution < -0.4 is 16.0 Å². The molecule has 2 aromatic carbocycles. The number of unbranched alkanes of at least 4 members (excludes halogenated alkanes) is 7. The van der Waals surface area contributed by atoms with Crippen LogP contribution in [0.15, 0.2) is 170 Å².